The van der Waals surface area contributed by atoms with Crippen LogP contribution < -0.4 is 15.5 Å². The zero-order chi connectivity index (χ0) is 23.2. The Morgan fingerprint density at radius 2 is 1.76 bits per heavy atom. The van der Waals surface area contributed by atoms with Gasteiger partial charge in [0.05, 0.1) is 18.2 Å². The third kappa shape index (κ3) is 5.51. The van der Waals surface area contributed by atoms with Crippen molar-refractivity contribution in [1.29, 1.82) is 0 Å². The van der Waals surface area contributed by atoms with Gasteiger partial charge in [-0.3, -0.25) is 4.90 Å². The fourth-order valence-electron chi connectivity index (χ4n) is 4.27. The Labute approximate surface area is 199 Å². The van der Waals surface area contributed by atoms with Crippen molar-refractivity contribution in [1.82, 2.24) is 15.5 Å². The van der Waals surface area contributed by atoms with Crippen LogP contribution in [0.25, 0.3) is 0 Å². The van der Waals surface area contributed by atoms with E-state index in [4.69, 9.17) is 4.74 Å². The summed E-state index contributed by atoms with van der Waals surface area (Å²) in [4.78, 5) is 31.3. The van der Waals surface area contributed by atoms with Gasteiger partial charge in [0, 0.05) is 49.0 Å². The molecule has 2 aromatic carbocycles. The van der Waals surface area contributed by atoms with Crippen molar-refractivity contribution in [2.45, 2.75) is 17.9 Å². The molecule has 33 heavy (non-hydrogen) atoms. The summed E-state index contributed by atoms with van der Waals surface area (Å²) >= 11 is 1.65. The van der Waals surface area contributed by atoms with E-state index in [1.807, 2.05) is 36.6 Å². The van der Waals surface area contributed by atoms with Gasteiger partial charge >= 0.3 is 12.0 Å². The minimum atomic E-state index is -0.547. The van der Waals surface area contributed by atoms with Crippen LogP contribution in [0.15, 0.2) is 70.8 Å². The molecular weight excluding hydrogens is 436 g/mol. The van der Waals surface area contributed by atoms with E-state index in [0.29, 0.717) is 17.8 Å². The second kappa shape index (κ2) is 10.8. The van der Waals surface area contributed by atoms with Crippen molar-refractivity contribution in [3.63, 3.8) is 0 Å². The Morgan fingerprint density at radius 3 is 2.39 bits per heavy atom. The molecule has 4 rings (SSSR count). The number of para-hydroxylation sites is 1. The van der Waals surface area contributed by atoms with Gasteiger partial charge in [-0.1, -0.05) is 30.3 Å². The van der Waals surface area contributed by atoms with Gasteiger partial charge in [0.25, 0.3) is 0 Å². The molecule has 2 aromatic rings. The number of hydrogen-bond donors (Lipinski definition) is 2. The quantitative estimate of drug-likeness (QED) is 0.481. The smallest absolute Gasteiger partial charge is 0.338 e. The highest BCUT2D eigenvalue weighted by Crippen LogP contribution is 2.30. The largest absolute Gasteiger partial charge is 0.463 e. The summed E-state index contributed by atoms with van der Waals surface area (Å²) in [6.07, 6.45) is 2.01. The number of nitrogens with one attached hydrogen (secondary N) is 2. The molecule has 0 aromatic heterocycles. The van der Waals surface area contributed by atoms with Crippen LogP contribution in [-0.4, -0.2) is 62.5 Å². The van der Waals surface area contributed by atoms with Crippen LogP contribution in [0.4, 0.5) is 10.5 Å². The Morgan fingerprint density at radius 1 is 1.06 bits per heavy atom. The molecule has 0 radical (unpaired) electrons. The molecule has 2 heterocycles. The van der Waals surface area contributed by atoms with Crippen molar-refractivity contribution < 1.29 is 14.3 Å². The third-order valence-electron chi connectivity index (χ3n) is 5.97. The number of amides is 2. The Bertz CT molecular complexity index is 1000. The topological polar surface area (TPSA) is 73.9 Å². The molecule has 1 fully saturated rings. The van der Waals surface area contributed by atoms with Crippen LogP contribution in [-0.2, 0) is 9.53 Å². The molecule has 0 unspecified atom stereocenters. The molecular formula is C25H30N4O3S. The average molecular weight is 467 g/mol. The van der Waals surface area contributed by atoms with E-state index in [2.05, 4.69) is 44.7 Å². The molecule has 0 spiro atoms. The standard InChI is InChI=1S/C25H30N4O3S/c1-3-32-24(30)22-21(17-28-13-15-29(16-14-28)19-7-5-4-6-8-19)26-25(31)27-23(22)18-9-11-20(33-2)12-10-18/h4-12,23H,3,13-17H2,1-2H3,(H2,26,27,31)/t23-/m0/s1. The van der Waals surface area contributed by atoms with Crippen LogP contribution in [0.5, 0.6) is 0 Å². The molecule has 7 nitrogen and oxygen atoms in total. The van der Waals surface area contributed by atoms with Gasteiger partial charge in [0.2, 0.25) is 0 Å². The first-order chi connectivity index (χ1) is 16.1. The number of urea groups is 1. The van der Waals surface area contributed by atoms with Gasteiger partial charge in [0.1, 0.15) is 0 Å². The summed E-state index contributed by atoms with van der Waals surface area (Å²) in [5, 5.41) is 5.80. The molecule has 1 atom stereocenters. The predicted molar refractivity (Wildman–Crippen MR) is 131 cm³/mol. The van der Waals surface area contributed by atoms with Gasteiger partial charge < -0.3 is 20.3 Å². The average Bonchev–Trinajstić information content (AvgIpc) is 2.85. The molecule has 2 N–H and O–H groups in total. The van der Waals surface area contributed by atoms with E-state index < -0.39 is 12.0 Å². The molecule has 174 valence electrons. The summed E-state index contributed by atoms with van der Waals surface area (Å²) in [6, 6.07) is 17.4. The van der Waals surface area contributed by atoms with Crippen LogP contribution >= 0.6 is 11.8 Å². The highest BCUT2D eigenvalue weighted by molar-refractivity contribution is 7.98. The lowest BCUT2D eigenvalue weighted by molar-refractivity contribution is -0.139. The molecule has 8 heteroatoms. The number of piperazine rings is 1. The number of esters is 1. The zero-order valence-corrected chi connectivity index (χ0v) is 19.9. The number of benzene rings is 2. The van der Waals surface area contributed by atoms with E-state index in [1.54, 1.807) is 18.7 Å². The van der Waals surface area contributed by atoms with E-state index in [-0.39, 0.29) is 12.6 Å². The number of nitrogens with zero attached hydrogens (tertiary/aromatic N) is 2. The molecule has 2 aliphatic heterocycles. The lowest BCUT2D eigenvalue weighted by Crippen LogP contribution is -2.51. The molecule has 0 saturated carbocycles. The van der Waals surface area contributed by atoms with Crippen LogP contribution in [0.3, 0.4) is 0 Å². The predicted octanol–water partition coefficient (Wildman–Crippen LogP) is 3.40. The summed E-state index contributed by atoms with van der Waals surface area (Å²) in [5.41, 5.74) is 3.16. The number of anilines is 1. The second-order valence-corrected chi connectivity index (χ2v) is 8.90. The van der Waals surface area contributed by atoms with Gasteiger partial charge in [-0.2, -0.15) is 0 Å². The molecule has 1 saturated heterocycles. The van der Waals surface area contributed by atoms with Crippen LogP contribution in [0.2, 0.25) is 0 Å². The van der Waals surface area contributed by atoms with E-state index in [9.17, 15) is 9.59 Å². The first kappa shape index (κ1) is 23.2. The maximum atomic E-state index is 13.0. The minimum absolute atomic E-state index is 0.275. The summed E-state index contributed by atoms with van der Waals surface area (Å²) in [6.45, 7) is 6.00. The highest BCUT2D eigenvalue weighted by Gasteiger charge is 2.34. The summed E-state index contributed by atoms with van der Waals surface area (Å²) < 4.78 is 5.39. The SMILES string of the molecule is CCOC(=O)C1=C(CN2CCN(c3ccccc3)CC2)NC(=O)N[C@H]1c1ccc(SC)cc1. The number of carbonyl (C=O) groups excluding carboxylic acids is 2. The van der Waals surface area contributed by atoms with Gasteiger partial charge in [-0.25, -0.2) is 9.59 Å². The van der Waals surface area contributed by atoms with E-state index in [0.717, 1.165) is 36.6 Å². The Balaban J connectivity index is 1.56. The van der Waals surface area contributed by atoms with E-state index >= 15 is 0 Å². The molecule has 2 aliphatic rings. The van der Waals surface area contributed by atoms with Crippen LogP contribution in [0.1, 0.15) is 18.5 Å². The van der Waals surface area contributed by atoms with Crippen LogP contribution in [0, 0.1) is 0 Å². The van der Waals surface area contributed by atoms with E-state index in [1.165, 1.54) is 5.69 Å². The van der Waals surface area contributed by atoms with Gasteiger partial charge in [-0.05, 0) is 43.0 Å². The van der Waals surface area contributed by atoms with Crippen molar-refractivity contribution in [2.24, 2.45) is 0 Å². The van der Waals surface area contributed by atoms with Gasteiger partial charge in [-0.15, -0.1) is 11.8 Å². The van der Waals surface area contributed by atoms with Crippen molar-refractivity contribution in [2.75, 3.05) is 50.5 Å². The van der Waals surface area contributed by atoms with Crippen molar-refractivity contribution in [3.8, 4) is 0 Å². The maximum absolute atomic E-state index is 13.0. The Kier molecular flexibility index (Phi) is 7.57. The zero-order valence-electron chi connectivity index (χ0n) is 19.0. The first-order valence-electron chi connectivity index (χ1n) is 11.2. The third-order valence-corrected chi connectivity index (χ3v) is 6.72. The van der Waals surface area contributed by atoms with Crippen molar-refractivity contribution in [3.05, 3.63) is 71.4 Å². The Hall–Kier alpha value is -2.97. The lowest BCUT2D eigenvalue weighted by Gasteiger charge is -2.38. The molecule has 2 amide bonds. The second-order valence-electron chi connectivity index (χ2n) is 8.02. The number of thioether (sulfide) groups is 1. The highest BCUT2D eigenvalue weighted by atomic mass is 32.2. The monoisotopic (exact) mass is 466 g/mol. The summed E-state index contributed by atoms with van der Waals surface area (Å²) in [5.74, 6) is -0.401. The van der Waals surface area contributed by atoms with Crippen molar-refractivity contribution >= 4 is 29.4 Å². The van der Waals surface area contributed by atoms with Gasteiger partial charge in [0.15, 0.2) is 0 Å². The first-order valence-corrected chi connectivity index (χ1v) is 12.5. The normalized spacial score (nSPS) is 19.2. The number of ether oxygens (including phenoxy) is 1. The number of carbonyl (C=O) groups is 2. The number of rotatable bonds is 7. The molecule has 0 bridgehead atoms. The number of hydrogen-bond acceptors (Lipinski definition) is 6. The minimum Gasteiger partial charge on any atom is -0.463 e. The fraction of sp³-hybridized carbons (Fsp3) is 0.360. The fourth-order valence-corrected chi connectivity index (χ4v) is 4.67. The maximum Gasteiger partial charge on any atom is 0.338 e. The summed E-state index contributed by atoms with van der Waals surface area (Å²) in [7, 11) is 0. The molecule has 0 aliphatic carbocycles. The lowest BCUT2D eigenvalue weighted by atomic mass is 9.95.